The summed E-state index contributed by atoms with van der Waals surface area (Å²) in [6.45, 7) is 11.2. The van der Waals surface area contributed by atoms with E-state index in [0.29, 0.717) is 31.5 Å². The first-order chi connectivity index (χ1) is 15.5. The van der Waals surface area contributed by atoms with E-state index in [9.17, 15) is 9.59 Å². The summed E-state index contributed by atoms with van der Waals surface area (Å²) in [5.74, 6) is 1.51. The summed E-state index contributed by atoms with van der Waals surface area (Å²) in [5, 5.41) is 4.28. The number of H-pyrrole nitrogens is 1. The lowest BCUT2D eigenvalue weighted by atomic mass is 9.92. The number of carbonyl (C=O) groups excluding carboxylic acids is 2. The fourth-order valence-corrected chi connectivity index (χ4v) is 5.20. The van der Waals surface area contributed by atoms with Gasteiger partial charge in [-0.3, -0.25) is 19.4 Å². The Kier molecular flexibility index (Phi) is 7.48. The quantitative estimate of drug-likeness (QED) is 0.692. The third-order valence-corrected chi connectivity index (χ3v) is 6.80. The molecule has 1 aromatic heterocycles. The first-order valence-corrected chi connectivity index (χ1v) is 12.0. The molecule has 174 valence electrons. The number of nitrogens with zero attached hydrogens (tertiary/aromatic N) is 3. The molecule has 2 aliphatic rings. The first kappa shape index (κ1) is 22.8. The monoisotopic (exact) mass is 439 g/mol. The molecule has 0 spiro atoms. The number of rotatable bonds is 7. The number of piperidine rings is 1. The molecular formula is C25H37N5O2. The van der Waals surface area contributed by atoms with Gasteiger partial charge in [0.2, 0.25) is 11.8 Å². The molecule has 2 N–H and O–H groups in total. The smallest absolute Gasteiger partial charge is 0.236 e. The van der Waals surface area contributed by atoms with Gasteiger partial charge in [0.15, 0.2) is 0 Å². The molecule has 2 aliphatic heterocycles. The summed E-state index contributed by atoms with van der Waals surface area (Å²) in [7, 11) is 0. The Morgan fingerprint density at radius 3 is 2.38 bits per heavy atom. The zero-order valence-electron chi connectivity index (χ0n) is 19.5. The molecule has 2 aromatic rings. The van der Waals surface area contributed by atoms with Crippen LogP contribution in [0.3, 0.4) is 0 Å². The van der Waals surface area contributed by atoms with Gasteiger partial charge in [-0.15, -0.1) is 0 Å². The second kappa shape index (κ2) is 10.5. The highest BCUT2D eigenvalue weighted by Gasteiger charge is 2.27. The number of likely N-dealkylation sites (tertiary alicyclic amines) is 1. The van der Waals surface area contributed by atoms with Gasteiger partial charge in [0, 0.05) is 62.9 Å². The highest BCUT2D eigenvalue weighted by atomic mass is 16.2. The van der Waals surface area contributed by atoms with Crippen LogP contribution in [0, 0.1) is 11.8 Å². The molecular weight excluding hydrogens is 402 g/mol. The van der Waals surface area contributed by atoms with Gasteiger partial charge in [-0.25, -0.2) is 0 Å². The summed E-state index contributed by atoms with van der Waals surface area (Å²) in [6.07, 6.45) is 4.06. The highest BCUT2D eigenvalue weighted by molar-refractivity contribution is 5.83. The molecule has 2 saturated heterocycles. The molecule has 4 rings (SSSR count). The minimum atomic E-state index is 0.0747. The van der Waals surface area contributed by atoms with Gasteiger partial charge in [0.25, 0.3) is 0 Å². The third kappa shape index (κ3) is 5.90. The summed E-state index contributed by atoms with van der Waals surface area (Å²) in [4.78, 5) is 34.9. The number of hydrogen-bond acceptors (Lipinski definition) is 4. The Hall–Kier alpha value is -2.38. The Balaban J connectivity index is 1.14. The van der Waals surface area contributed by atoms with Gasteiger partial charge in [0.1, 0.15) is 0 Å². The van der Waals surface area contributed by atoms with Crippen molar-refractivity contribution in [1.29, 1.82) is 0 Å². The maximum absolute atomic E-state index is 12.7. The summed E-state index contributed by atoms with van der Waals surface area (Å²) < 4.78 is 0. The number of hydrogen-bond donors (Lipinski definition) is 2. The van der Waals surface area contributed by atoms with E-state index in [0.717, 1.165) is 51.2 Å². The average Bonchev–Trinajstić information content (AvgIpc) is 3.17. The van der Waals surface area contributed by atoms with Crippen LogP contribution in [0.15, 0.2) is 30.5 Å². The van der Waals surface area contributed by atoms with Crippen LogP contribution in [0.25, 0.3) is 10.9 Å². The molecule has 1 aromatic carbocycles. The number of benzene rings is 1. The van der Waals surface area contributed by atoms with Crippen LogP contribution in [-0.4, -0.2) is 90.4 Å². The molecule has 2 unspecified atom stereocenters. The van der Waals surface area contributed by atoms with E-state index in [-0.39, 0.29) is 11.8 Å². The largest absolute Gasteiger partial charge is 0.361 e. The van der Waals surface area contributed by atoms with Gasteiger partial charge in [-0.05, 0) is 36.3 Å². The number of piperazine rings is 1. The minimum Gasteiger partial charge on any atom is -0.361 e. The van der Waals surface area contributed by atoms with E-state index < -0.39 is 0 Å². The fourth-order valence-electron chi connectivity index (χ4n) is 5.20. The van der Waals surface area contributed by atoms with Crippen LogP contribution < -0.4 is 5.32 Å². The van der Waals surface area contributed by atoms with Crippen molar-refractivity contribution in [2.45, 2.75) is 26.7 Å². The summed E-state index contributed by atoms with van der Waals surface area (Å²) in [5.41, 5.74) is 2.37. The Labute approximate surface area is 191 Å². The fraction of sp³-hybridized carbons (Fsp3) is 0.600. The lowest BCUT2D eigenvalue weighted by Crippen LogP contribution is -2.53. The van der Waals surface area contributed by atoms with Crippen molar-refractivity contribution in [2.75, 3.05) is 58.9 Å². The number of aromatic nitrogens is 1. The molecule has 3 heterocycles. The first-order valence-electron chi connectivity index (χ1n) is 12.0. The number of fused-ring (bicyclic) bond motifs is 1. The summed E-state index contributed by atoms with van der Waals surface area (Å²) >= 11 is 0. The van der Waals surface area contributed by atoms with Crippen LogP contribution in [0.4, 0.5) is 0 Å². The molecule has 0 bridgehead atoms. The van der Waals surface area contributed by atoms with Crippen molar-refractivity contribution < 1.29 is 9.59 Å². The molecule has 0 aliphatic carbocycles. The van der Waals surface area contributed by atoms with Crippen molar-refractivity contribution in [3.05, 3.63) is 36.0 Å². The molecule has 2 amide bonds. The van der Waals surface area contributed by atoms with Crippen molar-refractivity contribution in [3.63, 3.8) is 0 Å². The van der Waals surface area contributed by atoms with Crippen molar-refractivity contribution in [1.82, 2.24) is 25.0 Å². The SMILES string of the molecule is CC1CC(C)CN(C(=O)CN2CCN(CC(=O)NCCc3c[nH]c4ccccc34)CC2)C1. The molecule has 0 saturated carbocycles. The zero-order chi connectivity index (χ0) is 22.5. The van der Waals surface area contributed by atoms with Crippen molar-refractivity contribution in [3.8, 4) is 0 Å². The summed E-state index contributed by atoms with van der Waals surface area (Å²) in [6, 6.07) is 8.24. The van der Waals surface area contributed by atoms with Gasteiger partial charge in [-0.2, -0.15) is 0 Å². The Bertz CT molecular complexity index is 908. The lowest BCUT2D eigenvalue weighted by Gasteiger charge is -2.38. The normalized spacial score (nSPS) is 22.9. The van der Waals surface area contributed by atoms with Crippen molar-refractivity contribution >= 4 is 22.7 Å². The molecule has 7 heteroatoms. The van der Waals surface area contributed by atoms with Crippen molar-refractivity contribution in [2.24, 2.45) is 11.8 Å². The zero-order valence-corrected chi connectivity index (χ0v) is 19.5. The van der Waals surface area contributed by atoms with Crippen LogP contribution in [0.5, 0.6) is 0 Å². The average molecular weight is 440 g/mol. The van der Waals surface area contributed by atoms with Crippen LogP contribution >= 0.6 is 0 Å². The van der Waals surface area contributed by atoms with E-state index >= 15 is 0 Å². The van der Waals surface area contributed by atoms with Gasteiger partial charge >= 0.3 is 0 Å². The maximum Gasteiger partial charge on any atom is 0.236 e. The number of carbonyl (C=O) groups is 2. The second-order valence-corrected chi connectivity index (χ2v) is 9.76. The maximum atomic E-state index is 12.7. The highest BCUT2D eigenvalue weighted by Crippen LogP contribution is 2.21. The van der Waals surface area contributed by atoms with E-state index in [1.54, 1.807) is 0 Å². The molecule has 7 nitrogen and oxygen atoms in total. The van der Waals surface area contributed by atoms with Crippen LogP contribution in [-0.2, 0) is 16.0 Å². The molecule has 2 fully saturated rings. The van der Waals surface area contributed by atoms with E-state index in [2.05, 4.69) is 46.1 Å². The third-order valence-electron chi connectivity index (χ3n) is 6.80. The van der Waals surface area contributed by atoms with Gasteiger partial charge in [0.05, 0.1) is 13.1 Å². The van der Waals surface area contributed by atoms with Crippen LogP contribution in [0.2, 0.25) is 0 Å². The standard InChI is InChI=1S/C25H37N5O2/c1-19-13-20(2)16-30(15-19)25(32)18-29-11-9-28(10-12-29)17-24(31)26-8-7-21-14-27-23-6-4-3-5-22(21)23/h3-6,14,19-20,27H,7-13,15-18H2,1-2H3,(H,26,31). The Morgan fingerprint density at radius 1 is 1.00 bits per heavy atom. The molecule has 2 atom stereocenters. The molecule has 32 heavy (non-hydrogen) atoms. The lowest BCUT2D eigenvalue weighted by molar-refractivity contribution is -0.135. The number of para-hydroxylation sites is 1. The second-order valence-electron chi connectivity index (χ2n) is 9.76. The number of nitrogens with one attached hydrogen (secondary N) is 2. The predicted molar refractivity (Wildman–Crippen MR) is 127 cm³/mol. The molecule has 0 radical (unpaired) electrons. The minimum absolute atomic E-state index is 0.0747. The van der Waals surface area contributed by atoms with E-state index in [1.165, 1.54) is 17.4 Å². The predicted octanol–water partition coefficient (Wildman–Crippen LogP) is 1.95. The number of aromatic amines is 1. The Morgan fingerprint density at radius 2 is 1.66 bits per heavy atom. The van der Waals surface area contributed by atoms with E-state index in [4.69, 9.17) is 0 Å². The van der Waals surface area contributed by atoms with Gasteiger partial charge in [-0.1, -0.05) is 32.0 Å². The van der Waals surface area contributed by atoms with Gasteiger partial charge < -0.3 is 15.2 Å². The van der Waals surface area contributed by atoms with E-state index in [1.807, 2.05) is 23.2 Å². The number of amides is 2. The topological polar surface area (TPSA) is 71.7 Å². The van der Waals surface area contributed by atoms with Crippen LogP contribution in [0.1, 0.15) is 25.8 Å².